The number of hydrogen-bond acceptors (Lipinski definition) is 5. The largest absolute Gasteiger partial charge is 0.468 e. The molecule has 2 rings (SSSR count). The van der Waals surface area contributed by atoms with Crippen LogP contribution in [0.1, 0.15) is 20.9 Å². The molecule has 0 radical (unpaired) electrons. The maximum absolute atomic E-state index is 12.1. The number of nitrogens with one attached hydrogen (secondary N) is 1. The molecule has 0 spiro atoms. The number of carbonyl (C=O) groups is 1. The number of aryl methyl sites for hydroxylation is 1. The second-order valence-electron chi connectivity index (χ2n) is 4.36. The van der Waals surface area contributed by atoms with Crippen LogP contribution in [0.15, 0.2) is 23.8 Å². The summed E-state index contributed by atoms with van der Waals surface area (Å²) in [5.74, 6) is -0.424. The van der Waals surface area contributed by atoms with Crippen LogP contribution in [0.2, 0.25) is 0 Å². The SMILES string of the molecule is Cc1ncsc1C(=O)NCc1ccnc(OCC(F)(F)F)c1. The van der Waals surface area contributed by atoms with Gasteiger partial charge in [-0.3, -0.25) is 4.79 Å². The smallest absolute Gasteiger partial charge is 0.422 e. The van der Waals surface area contributed by atoms with Crippen molar-refractivity contribution in [1.82, 2.24) is 15.3 Å². The number of carbonyl (C=O) groups excluding carboxylic acids is 1. The maximum atomic E-state index is 12.1. The van der Waals surface area contributed by atoms with Gasteiger partial charge in [-0.1, -0.05) is 0 Å². The molecule has 1 N–H and O–H groups in total. The first-order valence-corrected chi connectivity index (χ1v) is 7.06. The molecule has 5 nitrogen and oxygen atoms in total. The number of ether oxygens (including phenoxy) is 1. The molecule has 0 saturated carbocycles. The molecular formula is C13H12F3N3O2S. The van der Waals surface area contributed by atoms with E-state index < -0.39 is 12.8 Å². The van der Waals surface area contributed by atoms with Crippen molar-refractivity contribution in [2.24, 2.45) is 0 Å². The second kappa shape index (κ2) is 6.73. The predicted octanol–water partition coefficient (Wildman–Crippen LogP) is 2.72. The summed E-state index contributed by atoms with van der Waals surface area (Å²) in [4.78, 5) is 20.1. The highest BCUT2D eigenvalue weighted by molar-refractivity contribution is 7.11. The van der Waals surface area contributed by atoms with E-state index in [1.807, 2.05) is 0 Å². The molecule has 0 aliphatic rings. The third-order valence-corrected chi connectivity index (χ3v) is 3.52. The highest BCUT2D eigenvalue weighted by Gasteiger charge is 2.28. The number of thiazole rings is 1. The fourth-order valence-corrected chi connectivity index (χ4v) is 2.30. The summed E-state index contributed by atoms with van der Waals surface area (Å²) in [7, 11) is 0. The van der Waals surface area contributed by atoms with Gasteiger partial charge in [0.2, 0.25) is 5.88 Å². The molecule has 0 bridgehead atoms. The first-order chi connectivity index (χ1) is 10.3. The molecule has 0 aliphatic carbocycles. The van der Waals surface area contributed by atoms with Crippen molar-refractivity contribution in [2.45, 2.75) is 19.6 Å². The van der Waals surface area contributed by atoms with E-state index in [0.29, 0.717) is 16.1 Å². The zero-order chi connectivity index (χ0) is 16.2. The van der Waals surface area contributed by atoms with Gasteiger partial charge >= 0.3 is 6.18 Å². The van der Waals surface area contributed by atoms with Gasteiger partial charge in [0.05, 0.1) is 11.2 Å². The van der Waals surface area contributed by atoms with Crippen LogP contribution in [0.4, 0.5) is 13.2 Å². The lowest BCUT2D eigenvalue weighted by atomic mass is 10.2. The average Bonchev–Trinajstić information content (AvgIpc) is 2.89. The number of amides is 1. The van der Waals surface area contributed by atoms with Gasteiger partial charge in [-0.15, -0.1) is 11.3 Å². The van der Waals surface area contributed by atoms with Crippen LogP contribution in [-0.2, 0) is 6.54 Å². The van der Waals surface area contributed by atoms with Crippen LogP contribution >= 0.6 is 11.3 Å². The van der Waals surface area contributed by atoms with Crippen molar-refractivity contribution in [3.8, 4) is 5.88 Å². The zero-order valence-corrected chi connectivity index (χ0v) is 12.3. The molecule has 0 atom stereocenters. The summed E-state index contributed by atoms with van der Waals surface area (Å²) in [6.45, 7) is 0.470. The third kappa shape index (κ3) is 4.69. The zero-order valence-electron chi connectivity index (χ0n) is 11.5. The summed E-state index contributed by atoms with van der Waals surface area (Å²) >= 11 is 1.22. The van der Waals surface area contributed by atoms with E-state index in [0.717, 1.165) is 0 Å². The topological polar surface area (TPSA) is 64.1 Å². The first-order valence-electron chi connectivity index (χ1n) is 6.18. The molecule has 2 aromatic rings. The maximum Gasteiger partial charge on any atom is 0.422 e. The van der Waals surface area contributed by atoms with E-state index in [2.05, 4.69) is 20.0 Å². The molecule has 2 heterocycles. The minimum absolute atomic E-state index is 0.141. The van der Waals surface area contributed by atoms with Crippen LogP contribution in [0.25, 0.3) is 0 Å². The van der Waals surface area contributed by atoms with Crippen LogP contribution in [0.5, 0.6) is 5.88 Å². The van der Waals surface area contributed by atoms with E-state index >= 15 is 0 Å². The van der Waals surface area contributed by atoms with Gasteiger partial charge in [0.15, 0.2) is 6.61 Å². The Kier molecular flexibility index (Phi) is 4.96. The number of rotatable bonds is 5. The highest BCUT2D eigenvalue weighted by Crippen LogP contribution is 2.18. The molecule has 0 saturated heterocycles. The first kappa shape index (κ1) is 16.2. The van der Waals surface area contributed by atoms with Crippen molar-refractivity contribution in [2.75, 3.05) is 6.61 Å². The lowest BCUT2D eigenvalue weighted by Crippen LogP contribution is -2.23. The van der Waals surface area contributed by atoms with Gasteiger partial charge in [0, 0.05) is 18.8 Å². The van der Waals surface area contributed by atoms with Crippen molar-refractivity contribution in [1.29, 1.82) is 0 Å². The quantitative estimate of drug-likeness (QED) is 0.915. The van der Waals surface area contributed by atoms with Crippen molar-refractivity contribution in [3.05, 3.63) is 40.0 Å². The van der Waals surface area contributed by atoms with E-state index in [1.54, 1.807) is 18.5 Å². The molecule has 2 aromatic heterocycles. The van der Waals surface area contributed by atoms with Gasteiger partial charge in [-0.05, 0) is 18.6 Å². The van der Waals surface area contributed by atoms with Crippen LogP contribution in [-0.4, -0.2) is 28.7 Å². The van der Waals surface area contributed by atoms with Gasteiger partial charge in [-0.25, -0.2) is 9.97 Å². The summed E-state index contributed by atoms with van der Waals surface area (Å²) in [5, 5.41) is 2.67. The normalized spacial score (nSPS) is 11.3. The molecule has 22 heavy (non-hydrogen) atoms. The predicted molar refractivity (Wildman–Crippen MR) is 73.8 cm³/mol. The summed E-state index contributed by atoms with van der Waals surface area (Å²) < 4.78 is 40.8. The van der Waals surface area contributed by atoms with Crippen LogP contribution in [0.3, 0.4) is 0 Å². The fourth-order valence-electron chi connectivity index (χ4n) is 1.58. The Morgan fingerprint density at radius 1 is 1.41 bits per heavy atom. The van der Waals surface area contributed by atoms with Crippen molar-refractivity contribution in [3.63, 3.8) is 0 Å². The summed E-state index contributed by atoms with van der Waals surface area (Å²) in [6, 6.07) is 2.94. The van der Waals surface area contributed by atoms with E-state index in [1.165, 1.54) is 23.6 Å². The van der Waals surface area contributed by atoms with Crippen molar-refractivity contribution < 1.29 is 22.7 Å². The summed E-state index contributed by atoms with van der Waals surface area (Å²) in [6.07, 6.45) is -3.10. The molecular weight excluding hydrogens is 319 g/mol. The van der Waals surface area contributed by atoms with E-state index in [9.17, 15) is 18.0 Å². The summed E-state index contributed by atoms with van der Waals surface area (Å²) in [5.41, 5.74) is 2.79. The van der Waals surface area contributed by atoms with Crippen LogP contribution in [0, 0.1) is 6.92 Å². The van der Waals surface area contributed by atoms with E-state index in [-0.39, 0.29) is 18.3 Å². The Morgan fingerprint density at radius 3 is 2.82 bits per heavy atom. The Hall–Kier alpha value is -2.16. The minimum Gasteiger partial charge on any atom is -0.468 e. The van der Waals surface area contributed by atoms with Crippen LogP contribution < -0.4 is 10.1 Å². The second-order valence-corrected chi connectivity index (χ2v) is 5.21. The molecule has 9 heteroatoms. The number of hydrogen-bond donors (Lipinski definition) is 1. The standard InChI is InChI=1S/C13H12F3N3O2S/c1-8-11(22-7-19-8)12(20)18-5-9-2-3-17-10(4-9)21-6-13(14,15)16/h2-4,7H,5-6H2,1H3,(H,18,20). The number of halogens is 3. The van der Waals surface area contributed by atoms with Gasteiger partial charge in [0.1, 0.15) is 4.88 Å². The lowest BCUT2D eigenvalue weighted by Gasteiger charge is -2.09. The Bertz CT molecular complexity index is 658. The molecule has 0 aromatic carbocycles. The number of alkyl halides is 3. The molecule has 0 unspecified atom stereocenters. The number of nitrogens with zero attached hydrogens (tertiary/aromatic N) is 2. The molecule has 0 aliphatic heterocycles. The average molecular weight is 331 g/mol. The van der Waals surface area contributed by atoms with Gasteiger partial charge in [0.25, 0.3) is 5.91 Å². The molecule has 118 valence electrons. The van der Waals surface area contributed by atoms with Gasteiger partial charge in [-0.2, -0.15) is 13.2 Å². The van der Waals surface area contributed by atoms with Crippen molar-refractivity contribution >= 4 is 17.2 Å². The fraction of sp³-hybridized carbons (Fsp3) is 0.308. The Balaban J connectivity index is 1.93. The number of pyridine rings is 1. The molecule has 1 amide bonds. The molecule has 0 fully saturated rings. The Labute approximate surface area is 128 Å². The van der Waals surface area contributed by atoms with Gasteiger partial charge < -0.3 is 10.1 Å². The Morgan fingerprint density at radius 2 is 2.18 bits per heavy atom. The van der Waals surface area contributed by atoms with E-state index in [4.69, 9.17) is 0 Å². The highest BCUT2D eigenvalue weighted by atomic mass is 32.1. The number of aromatic nitrogens is 2. The minimum atomic E-state index is -4.42. The third-order valence-electron chi connectivity index (χ3n) is 2.59. The monoisotopic (exact) mass is 331 g/mol. The lowest BCUT2D eigenvalue weighted by molar-refractivity contribution is -0.154.